The Kier molecular flexibility index (Phi) is 1.44. The minimum atomic E-state index is 0.430. The lowest BCUT2D eigenvalue weighted by Gasteiger charge is -1.94. The highest BCUT2D eigenvalue weighted by Crippen LogP contribution is 2.24. The molecule has 0 unspecified atom stereocenters. The van der Waals surface area contributed by atoms with E-state index in [0.29, 0.717) is 11.0 Å². The van der Waals surface area contributed by atoms with Crippen molar-refractivity contribution in [1.29, 1.82) is 0 Å². The molecule has 4 nitrogen and oxygen atoms in total. The van der Waals surface area contributed by atoms with Crippen LogP contribution >= 0.6 is 11.6 Å². The molecule has 0 radical (unpaired) electrons. The predicted molar refractivity (Wildman–Crippen MR) is 47.9 cm³/mol. The van der Waals surface area contributed by atoms with E-state index in [1.807, 2.05) is 0 Å². The quantitative estimate of drug-likeness (QED) is 0.623. The fraction of sp³-hybridized carbons (Fsp3) is 0.143. The monoisotopic (exact) mass is 182 g/mol. The molecule has 0 fully saturated rings. The molecular weight excluding hydrogens is 176 g/mol. The molecule has 5 heteroatoms. The van der Waals surface area contributed by atoms with E-state index in [9.17, 15) is 0 Å². The van der Waals surface area contributed by atoms with Crippen molar-refractivity contribution in [2.75, 3.05) is 5.73 Å². The molecule has 2 rings (SSSR count). The zero-order valence-corrected chi connectivity index (χ0v) is 7.21. The highest BCUT2D eigenvalue weighted by atomic mass is 35.5. The average Bonchev–Trinajstić information content (AvgIpc) is 2.29. The van der Waals surface area contributed by atoms with E-state index in [1.165, 1.54) is 0 Å². The van der Waals surface area contributed by atoms with Crippen molar-refractivity contribution in [3.63, 3.8) is 0 Å². The summed E-state index contributed by atoms with van der Waals surface area (Å²) in [6.45, 7) is 0. The molecule has 0 aliphatic carbocycles. The minimum absolute atomic E-state index is 0.430. The van der Waals surface area contributed by atoms with Gasteiger partial charge in [-0.2, -0.15) is 5.10 Å². The van der Waals surface area contributed by atoms with Gasteiger partial charge in [0.05, 0.1) is 0 Å². The van der Waals surface area contributed by atoms with Crippen LogP contribution < -0.4 is 5.73 Å². The first-order valence-corrected chi connectivity index (χ1v) is 3.80. The summed E-state index contributed by atoms with van der Waals surface area (Å²) in [5.74, 6) is 0.483. The zero-order valence-electron chi connectivity index (χ0n) is 6.45. The summed E-state index contributed by atoms with van der Waals surface area (Å²) in [5.41, 5.74) is 6.40. The maximum absolute atomic E-state index is 5.85. The number of fused-ring (bicyclic) bond motifs is 1. The van der Waals surface area contributed by atoms with Gasteiger partial charge in [0.1, 0.15) is 5.52 Å². The van der Waals surface area contributed by atoms with Gasteiger partial charge in [0.25, 0.3) is 0 Å². The molecule has 2 heterocycles. The summed E-state index contributed by atoms with van der Waals surface area (Å²) < 4.78 is 1.62. The topological polar surface area (TPSA) is 56.7 Å². The number of hydrogen-bond acceptors (Lipinski definition) is 3. The number of anilines is 1. The largest absolute Gasteiger partial charge is 0.382 e. The summed E-state index contributed by atoms with van der Waals surface area (Å²) in [7, 11) is 1.78. The van der Waals surface area contributed by atoms with Crippen LogP contribution in [0.2, 0.25) is 5.15 Å². The normalized spacial score (nSPS) is 10.8. The van der Waals surface area contributed by atoms with E-state index in [2.05, 4.69) is 10.1 Å². The lowest BCUT2D eigenvalue weighted by Crippen LogP contribution is -1.92. The third-order valence-electron chi connectivity index (χ3n) is 1.74. The second kappa shape index (κ2) is 2.35. The highest BCUT2D eigenvalue weighted by molar-refractivity contribution is 6.34. The second-order valence-electron chi connectivity index (χ2n) is 2.51. The Morgan fingerprint density at radius 2 is 2.33 bits per heavy atom. The Bertz CT molecular complexity index is 434. The van der Waals surface area contributed by atoms with Crippen molar-refractivity contribution in [1.82, 2.24) is 14.8 Å². The smallest absolute Gasteiger partial charge is 0.154 e. The van der Waals surface area contributed by atoms with Crippen LogP contribution in [0.25, 0.3) is 10.9 Å². The van der Waals surface area contributed by atoms with Gasteiger partial charge in [0, 0.05) is 18.6 Å². The molecular formula is C7H7ClN4. The fourth-order valence-electron chi connectivity index (χ4n) is 1.21. The van der Waals surface area contributed by atoms with E-state index in [-0.39, 0.29) is 0 Å². The van der Waals surface area contributed by atoms with Gasteiger partial charge in [0.15, 0.2) is 11.0 Å². The van der Waals surface area contributed by atoms with E-state index in [4.69, 9.17) is 17.3 Å². The lowest BCUT2D eigenvalue weighted by atomic mass is 10.3. The molecule has 0 aliphatic heterocycles. The second-order valence-corrected chi connectivity index (χ2v) is 2.86. The molecule has 0 amide bonds. The molecule has 0 saturated carbocycles. The number of halogens is 1. The number of aryl methyl sites for hydroxylation is 1. The first-order valence-electron chi connectivity index (χ1n) is 3.43. The third kappa shape index (κ3) is 0.848. The number of pyridine rings is 1. The molecule has 0 aromatic carbocycles. The number of aromatic nitrogens is 3. The van der Waals surface area contributed by atoms with Gasteiger partial charge in [-0.05, 0) is 6.07 Å². The van der Waals surface area contributed by atoms with E-state index < -0.39 is 0 Å². The summed E-state index contributed by atoms with van der Waals surface area (Å²) in [4.78, 5) is 3.93. The Hall–Kier alpha value is -1.29. The van der Waals surface area contributed by atoms with Crippen LogP contribution in [0.15, 0.2) is 12.3 Å². The molecule has 62 valence electrons. The molecule has 0 spiro atoms. The SMILES string of the molecule is Cn1nc(N)c2ccnc(Cl)c21. The van der Waals surface area contributed by atoms with Gasteiger partial charge < -0.3 is 5.73 Å². The third-order valence-corrected chi connectivity index (χ3v) is 2.01. The fourth-order valence-corrected chi connectivity index (χ4v) is 1.49. The van der Waals surface area contributed by atoms with Crippen molar-refractivity contribution >= 4 is 28.3 Å². The van der Waals surface area contributed by atoms with Crippen molar-refractivity contribution in [3.05, 3.63) is 17.4 Å². The van der Waals surface area contributed by atoms with Gasteiger partial charge in [-0.25, -0.2) is 4.98 Å². The Labute approximate surface area is 73.9 Å². The van der Waals surface area contributed by atoms with Crippen LogP contribution in [-0.2, 0) is 7.05 Å². The summed E-state index contributed by atoms with van der Waals surface area (Å²) in [6, 6.07) is 1.80. The number of nitrogens with two attached hydrogens (primary N) is 1. The Balaban J connectivity index is 2.99. The molecule has 2 N–H and O–H groups in total. The summed E-state index contributed by atoms with van der Waals surface area (Å²) in [6.07, 6.45) is 1.61. The van der Waals surface area contributed by atoms with Crippen LogP contribution in [0.3, 0.4) is 0 Å². The maximum Gasteiger partial charge on any atom is 0.154 e. The Morgan fingerprint density at radius 1 is 1.58 bits per heavy atom. The van der Waals surface area contributed by atoms with E-state index >= 15 is 0 Å². The molecule has 0 atom stereocenters. The zero-order chi connectivity index (χ0) is 8.72. The van der Waals surface area contributed by atoms with E-state index in [0.717, 1.165) is 10.9 Å². The molecule has 2 aromatic heterocycles. The standard InChI is InChI=1S/C7H7ClN4/c1-12-5-4(7(9)11-12)2-3-10-6(5)8/h2-3H,1H3,(H2,9,11). The Morgan fingerprint density at radius 3 is 3.00 bits per heavy atom. The van der Waals surface area contributed by atoms with Crippen molar-refractivity contribution in [2.24, 2.45) is 7.05 Å². The van der Waals surface area contributed by atoms with Gasteiger partial charge >= 0.3 is 0 Å². The van der Waals surface area contributed by atoms with Gasteiger partial charge in [-0.1, -0.05) is 11.6 Å². The molecule has 2 aromatic rings. The summed E-state index contributed by atoms with van der Waals surface area (Å²) in [5, 5.41) is 5.30. The number of nitrogens with zero attached hydrogens (tertiary/aromatic N) is 3. The van der Waals surface area contributed by atoms with Crippen molar-refractivity contribution < 1.29 is 0 Å². The first kappa shape index (κ1) is 7.36. The lowest BCUT2D eigenvalue weighted by molar-refractivity contribution is 0.800. The molecule has 0 aliphatic rings. The van der Waals surface area contributed by atoms with Gasteiger partial charge in [-0.15, -0.1) is 0 Å². The van der Waals surface area contributed by atoms with E-state index in [1.54, 1.807) is 24.0 Å². The van der Waals surface area contributed by atoms with Crippen LogP contribution in [0, 0.1) is 0 Å². The molecule has 12 heavy (non-hydrogen) atoms. The van der Waals surface area contributed by atoms with Crippen LogP contribution in [0.4, 0.5) is 5.82 Å². The number of nitrogen functional groups attached to an aromatic ring is 1. The average molecular weight is 183 g/mol. The minimum Gasteiger partial charge on any atom is -0.382 e. The van der Waals surface area contributed by atoms with Crippen LogP contribution in [-0.4, -0.2) is 14.8 Å². The maximum atomic E-state index is 5.85. The molecule has 0 bridgehead atoms. The first-order chi connectivity index (χ1) is 5.70. The molecule has 0 saturated heterocycles. The summed E-state index contributed by atoms with van der Waals surface area (Å²) >= 11 is 5.85. The van der Waals surface area contributed by atoms with Gasteiger partial charge in [0.2, 0.25) is 0 Å². The van der Waals surface area contributed by atoms with Gasteiger partial charge in [-0.3, -0.25) is 4.68 Å². The van der Waals surface area contributed by atoms with Crippen LogP contribution in [0.1, 0.15) is 0 Å². The van der Waals surface area contributed by atoms with Crippen molar-refractivity contribution in [3.8, 4) is 0 Å². The number of hydrogen-bond donors (Lipinski definition) is 1. The number of rotatable bonds is 0. The van der Waals surface area contributed by atoms with Crippen molar-refractivity contribution in [2.45, 2.75) is 0 Å². The highest BCUT2D eigenvalue weighted by Gasteiger charge is 2.08. The predicted octanol–water partition coefficient (Wildman–Crippen LogP) is 1.20. The van der Waals surface area contributed by atoms with Crippen LogP contribution in [0.5, 0.6) is 0 Å².